The molecular weight excluding hydrogens is 396 g/mol. The molecule has 2 heterocycles. The number of anilines is 1. The molecule has 1 N–H and O–H groups in total. The standard InChI is InChI=1S/C19H24N4O5S/c1-12-6-4-5-7-22(12)11-13-10-20-19(29-13)21-18(24)14-8-16(27-2)17(28-3)9-15(14)23(25)26/h8-10,12H,4-7,11H2,1-3H3,(H,20,21,24). The van der Waals surface area contributed by atoms with E-state index in [1.165, 1.54) is 57.0 Å². The number of hydrogen-bond acceptors (Lipinski definition) is 8. The van der Waals surface area contributed by atoms with Gasteiger partial charge in [0.15, 0.2) is 16.6 Å². The highest BCUT2D eigenvalue weighted by Crippen LogP contribution is 2.35. The number of thiazole rings is 1. The fraction of sp³-hybridized carbons (Fsp3) is 0.474. The van der Waals surface area contributed by atoms with Crippen molar-refractivity contribution in [2.24, 2.45) is 0 Å². The van der Waals surface area contributed by atoms with Gasteiger partial charge in [-0.25, -0.2) is 4.98 Å². The zero-order chi connectivity index (χ0) is 21.0. The lowest BCUT2D eigenvalue weighted by Crippen LogP contribution is -2.36. The number of hydrogen-bond donors (Lipinski definition) is 1. The predicted molar refractivity (Wildman–Crippen MR) is 110 cm³/mol. The van der Waals surface area contributed by atoms with E-state index in [0.717, 1.165) is 18.0 Å². The molecular formula is C19H24N4O5S. The Bertz CT molecular complexity index is 901. The lowest BCUT2D eigenvalue weighted by atomic mass is 10.0. The van der Waals surface area contributed by atoms with Gasteiger partial charge in [0.1, 0.15) is 5.56 Å². The van der Waals surface area contributed by atoms with Crippen molar-refractivity contribution < 1.29 is 19.2 Å². The molecule has 0 aliphatic carbocycles. The van der Waals surface area contributed by atoms with E-state index in [1.807, 2.05) is 0 Å². The Kier molecular flexibility index (Phi) is 6.65. The van der Waals surface area contributed by atoms with Crippen molar-refractivity contribution in [1.82, 2.24) is 9.88 Å². The highest BCUT2D eigenvalue weighted by molar-refractivity contribution is 7.15. The largest absolute Gasteiger partial charge is 0.493 e. The van der Waals surface area contributed by atoms with Crippen LogP contribution in [0, 0.1) is 10.1 Å². The number of nitro groups is 1. The molecule has 1 aromatic carbocycles. The van der Waals surface area contributed by atoms with E-state index in [0.29, 0.717) is 11.2 Å². The van der Waals surface area contributed by atoms with Crippen molar-refractivity contribution >= 4 is 28.1 Å². The third-order valence-corrected chi connectivity index (χ3v) is 5.91. The molecule has 1 aliphatic heterocycles. The Hall–Kier alpha value is -2.72. The molecule has 0 saturated carbocycles. The van der Waals surface area contributed by atoms with E-state index in [9.17, 15) is 14.9 Å². The van der Waals surface area contributed by atoms with Gasteiger partial charge in [0.2, 0.25) is 0 Å². The number of piperidine rings is 1. The minimum absolute atomic E-state index is 0.117. The van der Waals surface area contributed by atoms with E-state index in [2.05, 4.69) is 22.1 Å². The van der Waals surface area contributed by atoms with Crippen molar-refractivity contribution in [3.8, 4) is 11.5 Å². The summed E-state index contributed by atoms with van der Waals surface area (Å²) in [7, 11) is 2.78. The van der Waals surface area contributed by atoms with Crippen LogP contribution in [0.1, 0.15) is 41.4 Å². The average molecular weight is 420 g/mol. The molecule has 1 saturated heterocycles. The van der Waals surface area contributed by atoms with Crippen LogP contribution in [0.4, 0.5) is 10.8 Å². The maximum absolute atomic E-state index is 12.7. The number of nitro benzene ring substituents is 1. The van der Waals surface area contributed by atoms with Gasteiger partial charge >= 0.3 is 0 Å². The Morgan fingerprint density at radius 3 is 2.72 bits per heavy atom. The predicted octanol–water partition coefficient (Wildman–Crippen LogP) is 3.70. The minimum atomic E-state index is -0.623. The van der Waals surface area contributed by atoms with Crippen molar-refractivity contribution in [2.75, 3.05) is 26.1 Å². The van der Waals surface area contributed by atoms with Crippen molar-refractivity contribution in [3.05, 3.63) is 38.9 Å². The minimum Gasteiger partial charge on any atom is -0.493 e. The Balaban J connectivity index is 1.76. The molecule has 0 bridgehead atoms. The topological polar surface area (TPSA) is 107 Å². The van der Waals surface area contributed by atoms with Gasteiger partial charge in [-0.1, -0.05) is 6.42 Å². The number of ether oxygens (including phenoxy) is 2. The Morgan fingerprint density at radius 2 is 2.07 bits per heavy atom. The number of methoxy groups -OCH3 is 2. The zero-order valence-electron chi connectivity index (χ0n) is 16.6. The Morgan fingerprint density at radius 1 is 1.34 bits per heavy atom. The van der Waals surface area contributed by atoms with Crippen molar-refractivity contribution in [1.29, 1.82) is 0 Å². The number of nitrogens with one attached hydrogen (secondary N) is 1. The van der Waals surface area contributed by atoms with E-state index in [4.69, 9.17) is 9.47 Å². The number of rotatable bonds is 7. The number of benzene rings is 1. The first-order valence-electron chi connectivity index (χ1n) is 9.33. The summed E-state index contributed by atoms with van der Waals surface area (Å²) in [5.74, 6) is -0.199. The van der Waals surface area contributed by atoms with Gasteiger partial charge in [-0.15, -0.1) is 11.3 Å². The van der Waals surface area contributed by atoms with Gasteiger partial charge < -0.3 is 9.47 Å². The van der Waals surface area contributed by atoms with Crippen molar-refractivity contribution in [2.45, 2.75) is 38.8 Å². The van der Waals surface area contributed by atoms with Crippen LogP contribution in [0.2, 0.25) is 0 Å². The summed E-state index contributed by atoms with van der Waals surface area (Å²) in [4.78, 5) is 31.2. The first-order chi connectivity index (χ1) is 13.9. The van der Waals surface area contributed by atoms with E-state index < -0.39 is 10.8 Å². The van der Waals surface area contributed by atoms with Crippen LogP contribution in [0.15, 0.2) is 18.3 Å². The molecule has 1 unspecified atom stereocenters. The van der Waals surface area contributed by atoms with Gasteiger partial charge in [0, 0.05) is 29.7 Å². The van der Waals surface area contributed by atoms with E-state index in [1.54, 1.807) is 6.20 Å². The van der Waals surface area contributed by atoms with Crippen molar-refractivity contribution in [3.63, 3.8) is 0 Å². The molecule has 29 heavy (non-hydrogen) atoms. The van der Waals surface area contributed by atoms with Gasteiger partial charge in [0.25, 0.3) is 11.6 Å². The first kappa shape index (κ1) is 21.0. The van der Waals surface area contributed by atoms with Crippen LogP contribution in [0.3, 0.4) is 0 Å². The summed E-state index contributed by atoms with van der Waals surface area (Å²) in [5.41, 5.74) is -0.479. The van der Waals surface area contributed by atoms with Crippen LogP contribution < -0.4 is 14.8 Å². The van der Waals surface area contributed by atoms with Gasteiger partial charge in [-0.05, 0) is 26.3 Å². The molecule has 1 amide bonds. The highest BCUT2D eigenvalue weighted by Gasteiger charge is 2.25. The number of amides is 1. The van der Waals surface area contributed by atoms with Gasteiger partial charge in [-0.3, -0.25) is 25.1 Å². The fourth-order valence-corrected chi connectivity index (χ4v) is 4.23. The molecule has 2 aromatic rings. The smallest absolute Gasteiger partial charge is 0.286 e. The maximum Gasteiger partial charge on any atom is 0.286 e. The van der Waals surface area contributed by atoms with Crippen LogP contribution >= 0.6 is 11.3 Å². The molecule has 1 aromatic heterocycles. The number of aromatic nitrogens is 1. The molecule has 0 radical (unpaired) electrons. The molecule has 0 spiro atoms. The molecule has 10 heteroatoms. The van der Waals surface area contributed by atoms with Crippen LogP contribution in [0.5, 0.6) is 11.5 Å². The molecule has 1 aliphatic rings. The summed E-state index contributed by atoms with van der Waals surface area (Å²) in [5, 5.41) is 14.5. The van der Waals surface area contributed by atoms with E-state index in [-0.39, 0.29) is 22.7 Å². The normalized spacial score (nSPS) is 17.0. The molecule has 156 valence electrons. The summed E-state index contributed by atoms with van der Waals surface area (Å²) in [6.07, 6.45) is 5.37. The summed E-state index contributed by atoms with van der Waals surface area (Å²) in [6, 6.07) is 3.01. The average Bonchev–Trinajstić information content (AvgIpc) is 3.15. The molecule has 1 fully saturated rings. The van der Waals surface area contributed by atoms with Gasteiger partial charge in [-0.2, -0.15) is 0 Å². The third-order valence-electron chi connectivity index (χ3n) is 5.02. The second kappa shape index (κ2) is 9.19. The fourth-order valence-electron chi connectivity index (χ4n) is 3.40. The number of carbonyl (C=O) groups is 1. The highest BCUT2D eigenvalue weighted by atomic mass is 32.1. The SMILES string of the molecule is COc1cc(C(=O)Nc2ncc(CN3CCCCC3C)s2)c([N+](=O)[O-])cc1OC. The monoisotopic (exact) mass is 420 g/mol. The first-order valence-corrected chi connectivity index (χ1v) is 10.1. The maximum atomic E-state index is 12.7. The summed E-state index contributed by atoms with van der Waals surface area (Å²) in [6.45, 7) is 4.06. The summed E-state index contributed by atoms with van der Waals surface area (Å²) >= 11 is 1.37. The molecule has 9 nitrogen and oxygen atoms in total. The van der Waals surface area contributed by atoms with Crippen LogP contribution in [-0.2, 0) is 6.54 Å². The number of likely N-dealkylation sites (tertiary alicyclic amines) is 1. The lowest BCUT2D eigenvalue weighted by molar-refractivity contribution is -0.385. The van der Waals surface area contributed by atoms with E-state index >= 15 is 0 Å². The zero-order valence-corrected chi connectivity index (χ0v) is 17.5. The van der Waals surface area contributed by atoms with Crippen LogP contribution in [0.25, 0.3) is 0 Å². The second-order valence-electron chi connectivity index (χ2n) is 6.88. The molecule has 3 rings (SSSR count). The summed E-state index contributed by atoms with van der Waals surface area (Å²) < 4.78 is 10.3. The third kappa shape index (κ3) is 4.83. The number of nitrogens with zero attached hydrogens (tertiary/aromatic N) is 3. The molecule has 1 atom stereocenters. The number of carbonyl (C=O) groups excluding carboxylic acids is 1. The Labute approximate surface area is 172 Å². The van der Waals surface area contributed by atoms with Crippen LogP contribution in [-0.4, -0.2) is 47.5 Å². The second-order valence-corrected chi connectivity index (χ2v) is 8.00. The lowest BCUT2D eigenvalue weighted by Gasteiger charge is -2.32. The quantitative estimate of drug-likeness (QED) is 0.538. The van der Waals surface area contributed by atoms with Gasteiger partial charge in [0.05, 0.1) is 25.2 Å².